The van der Waals surface area contributed by atoms with Gasteiger partial charge in [0, 0.05) is 6.20 Å². The van der Waals surface area contributed by atoms with E-state index in [4.69, 9.17) is 9.47 Å². The van der Waals surface area contributed by atoms with E-state index < -0.39 is 23.7 Å². The second-order valence-electron chi connectivity index (χ2n) is 9.11. The lowest BCUT2D eigenvalue weighted by Gasteiger charge is -2.23. The Morgan fingerprint density at radius 3 is 2.49 bits per heavy atom. The Kier molecular flexibility index (Phi) is 7.54. The van der Waals surface area contributed by atoms with Crippen LogP contribution in [0.25, 0.3) is 11.4 Å². The minimum atomic E-state index is -1.06. The summed E-state index contributed by atoms with van der Waals surface area (Å²) in [7, 11) is 0. The highest BCUT2D eigenvalue weighted by molar-refractivity contribution is 7.17. The van der Waals surface area contributed by atoms with Crippen LogP contribution in [0.4, 0.5) is 5.13 Å². The smallest absolute Gasteiger partial charge is 0.350 e. The van der Waals surface area contributed by atoms with Crippen LogP contribution in [-0.4, -0.2) is 50.3 Å². The fourth-order valence-electron chi connectivity index (χ4n) is 4.65. The molecule has 0 bridgehead atoms. The molecule has 10 nitrogen and oxygen atoms in total. The van der Waals surface area contributed by atoms with Gasteiger partial charge < -0.3 is 14.6 Å². The van der Waals surface area contributed by atoms with E-state index in [2.05, 4.69) is 23.1 Å². The molecule has 3 aromatic heterocycles. The summed E-state index contributed by atoms with van der Waals surface area (Å²) >= 11 is 0.926. The molecule has 5 rings (SSSR count). The normalized spacial score (nSPS) is 16.2. The fraction of sp³-hybridized carbons (Fsp3) is 0.167. The Bertz CT molecular complexity index is 1730. The monoisotopic (exact) mass is 570 g/mol. The van der Waals surface area contributed by atoms with Gasteiger partial charge in [0.15, 0.2) is 10.9 Å². The van der Waals surface area contributed by atoms with Gasteiger partial charge >= 0.3 is 11.9 Å². The van der Waals surface area contributed by atoms with Crippen LogP contribution in [0.3, 0.4) is 0 Å². The number of aromatic nitrogens is 3. The molecule has 1 atom stereocenters. The number of aliphatic hydroxyl groups is 1. The second-order valence-corrected chi connectivity index (χ2v) is 10.1. The van der Waals surface area contributed by atoms with Crippen molar-refractivity contribution >= 4 is 45.5 Å². The molecule has 0 saturated carbocycles. The number of benzene rings is 1. The zero-order valence-corrected chi connectivity index (χ0v) is 23.2. The Morgan fingerprint density at radius 2 is 1.78 bits per heavy atom. The van der Waals surface area contributed by atoms with Crippen LogP contribution in [-0.2, 0) is 14.3 Å². The maximum Gasteiger partial charge on any atom is 0.350 e. The van der Waals surface area contributed by atoms with E-state index >= 15 is 0 Å². The Labute approximate surface area is 239 Å². The Balaban J connectivity index is 1.69. The number of imidazole rings is 1. The number of fused-ring (bicyclic) bond motifs is 1. The third-order valence-corrected chi connectivity index (χ3v) is 7.58. The Morgan fingerprint density at radius 1 is 1.05 bits per heavy atom. The van der Waals surface area contributed by atoms with Gasteiger partial charge in [0.05, 0.1) is 23.0 Å². The number of aryl methyl sites for hydroxylation is 2. The van der Waals surface area contributed by atoms with Gasteiger partial charge in [-0.2, -0.15) is 0 Å². The first-order valence-corrected chi connectivity index (χ1v) is 13.4. The van der Waals surface area contributed by atoms with Gasteiger partial charge in [-0.05, 0) is 43.7 Å². The highest BCUT2D eigenvalue weighted by Crippen LogP contribution is 2.44. The number of thiazole rings is 1. The summed E-state index contributed by atoms with van der Waals surface area (Å²) in [5.74, 6) is -2.23. The highest BCUT2D eigenvalue weighted by atomic mass is 32.1. The standard InChI is InChI=1S/C30H26N4O6S/c1-5-15-39-20-12-10-19(11-13-20)24-22(25(35)23-17(3)31-21-9-7-8-14-33(21)23)26(36)28(37)34(24)30-32-18(4)27(41-30)29(38)40-16-6-2/h5-14,24,35H,1-2,15-16H2,3-4H3. The molecule has 1 fully saturated rings. The number of ether oxygens (including phenoxy) is 2. The number of nitrogens with zero attached hydrogens (tertiary/aromatic N) is 4. The number of carbonyl (C=O) groups is 3. The fourth-order valence-corrected chi connectivity index (χ4v) is 5.64. The second kappa shape index (κ2) is 11.2. The number of pyridine rings is 1. The summed E-state index contributed by atoms with van der Waals surface area (Å²) in [6.45, 7) is 10.8. The average molecular weight is 571 g/mol. The predicted octanol–water partition coefficient (Wildman–Crippen LogP) is 4.94. The van der Waals surface area contributed by atoms with Crippen molar-refractivity contribution in [1.29, 1.82) is 0 Å². The van der Waals surface area contributed by atoms with E-state index in [0.717, 1.165) is 11.3 Å². The minimum Gasteiger partial charge on any atom is -0.505 e. The van der Waals surface area contributed by atoms with Crippen molar-refractivity contribution in [3.8, 4) is 5.75 Å². The number of esters is 1. The van der Waals surface area contributed by atoms with Crippen LogP contribution in [0.5, 0.6) is 5.75 Å². The van der Waals surface area contributed by atoms with E-state index in [1.54, 1.807) is 66.9 Å². The predicted molar refractivity (Wildman–Crippen MR) is 154 cm³/mol. The van der Waals surface area contributed by atoms with E-state index in [9.17, 15) is 19.5 Å². The summed E-state index contributed by atoms with van der Waals surface area (Å²) in [6.07, 6.45) is 4.77. The molecule has 11 heteroatoms. The van der Waals surface area contributed by atoms with Gasteiger partial charge in [-0.3, -0.25) is 18.9 Å². The van der Waals surface area contributed by atoms with E-state index in [-0.39, 0.29) is 27.9 Å². The van der Waals surface area contributed by atoms with Crippen LogP contribution in [0, 0.1) is 13.8 Å². The zero-order valence-electron chi connectivity index (χ0n) is 22.4. The maximum atomic E-state index is 13.6. The number of Topliss-reactive ketones (excluding diaryl/α,β-unsaturated/α-hetero) is 1. The largest absolute Gasteiger partial charge is 0.505 e. The van der Waals surface area contributed by atoms with Crippen molar-refractivity contribution in [2.45, 2.75) is 19.9 Å². The number of anilines is 1. The number of hydrogen-bond acceptors (Lipinski definition) is 9. The lowest BCUT2D eigenvalue weighted by atomic mass is 9.96. The highest BCUT2D eigenvalue weighted by Gasteiger charge is 2.49. The van der Waals surface area contributed by atoms with E-state index in [0.29, 0.717) is 40.6 Å². The zero-order chi connectivity index (χ0) is 29.3. The van der Waals surface area contributed by atoms with Gasteiger partial charge in [-0.25, -0.2) is 14.8 Å². The van der Waals surface area contributed by atoms with Crippen molar-refractivity contribution in [1.82, 2.24) is 14.4 Å². The molecule has 1 amide bonds. The molecule has 4 aromatic rings. The molecular weight excluding hydrogens is 544 g/mol. The molecule has 1 aliphatic heterocycles. The minimum absolute atomic E-state index is 0.00888. The van der Waals surface area contributed by atoms with Crippen molar-refractivity contribution in [3.05, 3.63) is 107 Å². The third kappa shape index (κ3) is 4.91. The maximum absolute atomic E-state index is 13.6. The van der Waals surface area contributed by atoms with Crippen molar-refractivity contribution in [3.63, 3.8) is 0 Å². The van der Waals surface area contributed by atoms with Gasteiger partial charge in [0.25, 0.3) is 5.78 Å². The molecule has 1 unspecified atom stereocenters. The lowest BCUT2D eigenvalue weighted by Crippen LogP contribution is -2.29. The van der Waals surface area contributed by atoms with Gasteiger partial charge in [-0.15, -0.1) is 0 Å². The summed E-state index contributed by atoms with van der Waals surface area (Å²) in [5.41, 5.74) is 2.06. The molecule has 0 spiro atoms. The van der Waals surface area contributed by atoms with E-state index in [1.165, 1.54) is 11.0 Å². The van der Waals surface area contributed by atoms with Gasteiger partial charge in [-0.1, -0.05) is 54.8 Å². The molecular formula is C30H26N4O6S. The number of carbonyl (C=O) groups excluding carboxylic acids is 3. The number of rotatable bonds is 9. The SMILES string of the molecule is C=CCOC(=O)c1sc(N2C(=O)C(=O)C(=C(O)c3c(C)nc4ccccn34)C2c2ccc(OCC=C)cc2)nc1C. The van der Waals surface area contributed by atoms with Crippen LogP contribution in [0.1, 0.15) is 38.4 Å². The summed E-state index contributed by atoms with van der Waals surface area (Å²) in [6, 6.07) is 11.1. The molecule has 0 radical (unpaired) electrons. The van der Waals surface area contributed by atoms with Gasteiger partial charge in [0.1, 0.15) is 35.2 Å². The third-order valence-electron chi connectivity index (χ3n) is 6.45. The average Bonchev–Trinajstić information content (AvgIpc) is 3.60. The molecule has 208 valence electrons. The summed E-state index contributed by atoms with van der Waals surface area (Å²) in [4.78, 5) is 50.2. The quantitative estimate of drug-likeness (QED) is 0.0987. The summed E-state index contributed by atoms with van der Waals surface area (Å²) < 4.78 is 12.4. The van der Waals surface area contributed by atoms with Crippen molar-refractivity contribution < 1.29 is 29.0 Å². The molecule has 1 aromatic carbocycles. The number of amides is 1. The number of aliphatic hydroxyl groups excluding tert-OH is 1. The number of hydrogen-bond donors (Lipinski definition) is 1. The Hall–Kier alpha value is -5.03. The molecule has 1 saturated heterocycles. The van der Waals surface area contributed by atoms with E-state index in [1.807, 2.05) is 6.07 Å². The number of ketones is 1. The molecule has 1 aliphatic rings. The van der Waals surface area contributed by atoms with Crippen LogP contribution < -0.4 is 9.64 Å². The van der Waals surface area contributed by atoms with Crippen LogP contribution in [0.2, 0.25) is 0 Å². The van der Waals surface area contributed by atoms with Crippen LogP contribution in [0.15, 0.2) is 79.5 Å². The van der Waals surface area contributed by atoms with Crippen molar-refractivity contribution in [2.24, 2.45) is 0 Å². The van der Waals surface area contributed by atoms with Crippen LogP contribution >= 0.6 is 11.3 Å². The lowest BCUT2D eigenvalue weighted by molar-refractivity contribution is -0.132. The first-order chi connectivity index (χ1) is 19.8. The van der Waals surface area contributed by atoms with Crippen molar-refractivity contribution in [2.75, 3.05) is 18.1 Å². The molecule has 41 heavy (non-hydrogen) atoms. The van der Waals surface area contributed by atoms with Gasteiger partial charge in [0.2, 0.25) is 0 Å². The first kappa shape index (κ1) is 27.5. The summed E-state index contributed by atoms with van der Waals surface area (Å²) in [5, 5.41) is 11.8. The molecule has 0 aliphatic carbocycles. The topological polar surface area (TPSA) is 123 Å². The first-order valence-electron chi connectivity index (χ1n) is 12.6. The molecule has 4 heterocycles. The molecule has 1 N–H and O–H groups in total.